The topological polar surface area (TPSA) is 177 Å². The van der Waals surface area contributed by atoms with Gasteiger partial charge in [-0.3, -0.25) is 0 Å². The summed E-state index contributed by atoms with van der Waals surface area (Å²) in [4.78, 5) is 12.3. The third-order valence-corrected chi connectivity index (χ3v) is 5.37. The van der Waals surface area contributed by atoms with Gasteiger partial charge in [0.1, 0.15) is 30.0 Å². The van der Waals surface area contributed by atoms with Gasteiger partial charge in [0.05, 0.1) is 5.56 Å². The molecule has 1 heterocycles. The van der Waals surface area contributed by atoms with Crippen LogP contribution in [0.2, 0.25) is 0 Å². The number of esters is 1. The molecular formula is C30H42O10. The first-order chi connectivity index (χ1) is 19.0. The molecular weight excluding hydrogens is 520 g/mol. The fourth-order valence-electron chi connectivity index (χ4n) is 3.40. The highest BCUT2D eigenvalue weighted by atomic mass is 16.6. The minimum Gasteiger partial charge on any atom is -0.507 e. The number of para-hydroxylation sites is 2. The van der Waals surface area contributed by atoms with E-state index in [2.05, 4.69) is 0 Å². The number of phenolic OH excluding ortho intramolecular Hbond substituents is 7. The highest BCUT2D eigenvalue weighted by Gasteiger charge is 2.35. The molecule has 1 aliphatic heterocycles. The van der Waals surface area contributed by atoms with Crippen LogP contribution in [0.25, 0.3) is 0 Å². The van der Waals surface area contributed by atoms with Gasteiger partial charge >= 0.3 is 5.97 Å². The predicted molar refractivity (Wildman–Crippen MR) is 153 cm³/mol. The lowest BCUT2D eigenvalue weighted by Crippen LogP contribution is -2.34. The van der Waals surface area contributed by atoms with E-state index in [-0.39, 0.29) is 35.2 Å². The van der Waals surface area contributed by atoms with Crippen LogP contribution in [-0.2, 0) is 4.74 Å². The summed E-state index contributed by atoms with van der Waals surface area (Å²) in [6.07, 6.45) is -0.747. The third-order valence-electron chi connectivity index (χ3n) is 5.37. The van der Waals surface area contributed by atoms with Crippen molar-refractivity contribution in [2.75, 3.05) is 6.61 Å². The van der Waals surface area contributed by atoms with E-state index in [1.807, 2.05) is 41.5 Å². The van der Waals surface area contributed by atoms with Crippen LogP contribution in [0.1, 0.15) is 75.9 Å². The maximum absolute atomic E-state index is 12.3. The molecule has 10 nitrogen and oxygen atoms in total. The van der Waals surface area contributed by atoms with Gasteiger partial charge < -0.3 is 45.2 Å². The van der Waals surface area contributed by atoms with Gasteiger partial charge in [0.15, 0.2) is 28.7 Å². The summed E-state index contributed by atoms with van der Waals surface area (Å²) in [5, 5.41) is 65.6. The van der Waals surface area contributed by atoms with Crippen molar-refractivity contribution in [1.29, 1.82) is 0 Å². The summed E-state index contributed by atoms with van der Waals surface area (Å²) >= 11 is 0. The van der Waals surface area contributed by atoms with Gasteiger partial charge in [0.25, 0.3) is 0 Å². The molecule has 0 fully saturated rings. The Labute approximate surface area is 235 Å². The van der Waals surface area contributed by atoms with Crippen LogP contribution >= 0.6 is 0 Å². The smallest absolute Gasteiger partial charge is 0.338 e. The number of aromatic hydroxyl groups is 7. The Balaban J connectivity index is 0.000000908. The van der Waals surface area contributed by atoms with Crippen LogP contribution in [0.4, 0.5) is 0 Å². The number of fused-ring (bicyclic) bond motifs is 1. The molecule has 2 unspecified atom stereocenters. The lowest BCUT2D eigenvalue weighted by Gasteiger charge is -2.32. The Kier molecular flexibility index (Phi) is 15.3. The number of hydrogen-bond acceptors (Lipinski definition) is 10. The minimum absolute atomic E-state index is 0.000310. The van der Waals surface area contributed by atoms with Crippen LogP contribution in [0.15, 0.2) is 42.5 Å². The lowest BCUT2D eigenvalue weighted by atomic mass is 9.89. The molecule has 0 saturated heterocycles. The van der Waals surface area contributed by atoms with Crippen molar-refractivity contribution in [3.63, 3.8) is 0 Å². The molecule has 7 N–H and O–H groups in total. The molecule has 3 aromatic rings. The minimum atomic E-state index is -0.838. The number of rotatable bonds is 2. The fraction of sp³-hybridized carbons (Fsp3) is 0.367. The second-order valence-electron chi connectivity index (χ2n) is 7.68. The number of carbonyl (C=O) groups excluding carboxylic acids is 1. The summed E-state index contributed by atoms with van der Waals surface area (Å²) in [6, 6.07) is 9.29. The van der Waals surface area contributed by atoms with Gasteiger partial charge in [-0.15, -0.1) is 0 Å². The second-order valence-corrected chi connectivity index (χ2v) is 7.68. The molecule has 4 rings (SSSR count). The molecule has 0 aliphatic carbocycles. The van der Waals surface area contributed by atoms with Crippen molar-refractivity contribution in [1.82, 2.24) is 0 Å². The van der Waals surface area contributed by atoms with Gasteiger partial charge in [0.2, 0.25) is 0 Å². The molecule has 0 aromatic heterocycles. The van der Waals surface area contributed by atoms with Crippen molar-refractivity contribution in [3.8, 4) is 46.0 Å². The molecule has 0 saturated carbocycles. The predicted octanol–water partition coefficient (Wildman–Crippen LogP) is 6.42. The normalized spacial score (nSPS) is 14.4. The monoisotopic (exact) mass is 562 g/mol. The van der Waals surface area contributed by atoms with Crippen LogP contribution in [0, 0.1) is 6.92 Å². The molecule has 0 spiro atoms. The molecule has 0 radical (unpaired) electrons. The highest BCUT2D eigenvalue weighted by molar-refractivity contribution is 5.91. The molecule has 0 amide bonds. The zero-order valence-corrected chi connectivity index (χ0v) is 24.3. The van der Waals surface area contributed by atoms with E-state index in [0.717, 1.165) is 12.1 Å². The van der Waals surface area contributed by atoms with Gasteiger partial charge in [-0.05, 0) is 31.2 Å². The lowest BCUT2D eigenvalue weighted by molar-refractivity contribution is 0.00400. The van der Waals surface area contributed by atoms with Gasteiger partial charge in [-0.25, -0.2) is 4.79 Å². The number of hydrogen-bond donors (Lipinski definition) is 7. The maximum Gasteiger partial charge on any atom is 0.338 e. The van der Waals surface area contributed by atoms with Crippen LogP contribution in [-0.4, -0.2) is 54.4 Å². The first-order valence-corrected chi connectivity index (χ1v) is 13.1. The molecule has 1 aliphatic rings. The second kappa shape index (κ2) is 17.2. The number of ether oxygens (including phenoxy) is 2. The average Bonchev–Trinajstić information content (AvgIpc) is 2.96. The van der Waals surface area contributed by atoms with Crippen molar-refractivity contribution in [2.24, 2.45) is 0 Å². The summed E-state index contributed by atoms with van der Waals surface area (Å²) in [6.45, 7) is 15.4. The van der Waals surface area contributed by atoms with E-state index in [4.69, 9.17) is 19.7 Å². The largest absolute Gasteiger partial charge is 0.507 e. The quantitative estimate of drug-likeness (QED) is 0.136. The first-order valence-electron chi connectivity index (χ1n) is 13.1. The molecule has 0 bridgehead atoms. The van der Waals surface area contributed by atoms with Crippen LogP contribution in [0.5, 0.6) is 46.0 Å². The van der Waals surface area contributed by atoms with Gasteiger partial charge in [0, 0.05) is 23.1 Å². The molecule has 3 aromatic carbocycles. The highest BCUT2D eigenvalue weighted by Crippen LogP contribution is 2.46. The van der Waals surface area contributed by atoms with E-state index in [1.165, 1.54) is 18.2 Å². The summed E-state index contributed by atoms with van der Waals surface area (Å²) in [5.74, 6) is -3.38. The zero-order valence-electron chi connectivity index (χ0n) is 24.3. The van der Waals surface area contributed by atoms with E-state index in [0.29, 0.717) is 16.9 Å². The third kappa shape index (κ3) is 8.79. The van der Waals surface area contributed by atoms with E-state index in [9.17, 15) is 30.3 Å². The summed E-state index contributed by atoms with van der Waals surface area (Å²) < 4.78 is 10.9. The fourth-order valence-corrected chi connectivity index (χ4v) is 3.40. The van der Waals surface area contributed by atoms with Crippen molar-refractivity contribution in [2.45, 2.75) is 67.4 Å². The summed E-state index contributed by atoms with van der Waals surface area (Å²) in [7, 11) is 0. The van der Waals surface area contributed by atoms with E-state index < -0.39 is 35.2 Å². The Morgan fingerprint density at radius 1 is 0.750 bits per heavy atom. The standard InChI is InChI=1S/C18H18O8.C6H6O2.3C2H6/c1-7-10(19)5-11(20)15-8(2)14(6-25-17(7)15)26-18(24)9-3-12(21)16(23)13(22)4-9;7-5-3-1-2-4-6(5)8;3*1-2/h3-5,8,14,19-23H,6H2,1-2H3;1-4,7-8H;3*1-2H3. The Morgan fingerprint density at radius 3 is 1.68 bits per heavy atom. The van der Waals surface area contributed by atoms with Gasteiger partial charge in [-0.2, -0.15) is 0 Å². The maximum atomic E-state index is 12.3. The summed E-state index contributed by atoms with van der Waals surface area (Å²) in [5.41, 5.74) is 0.741. The SMILES string of the molecule is CC.CC.CC.Cc1c(O)cc(O)c2c1OCC(OC(=O)c1cc(O)c(O)c(O)c1)C2C.Oc1ccccc1O. The van der Waals surface area contributed by atoms with Gasteiger partial charge in [-0.1, -0.05) is 60.6 Å². The number of phenols is 7. The number of carbonyl (C=O) groups is 1. The van der Waals surface area contributed by atoms with Crippen molar-refractivity contribution >= 4 is 5.97 Å². The van der Waals surface area contributed by atoms with Crippen LogP contribution < -0.4 is 4.74 Å². The molecule has 10 heteroatoms. The van der Waals surface area contributed by atoms with Crippen molar-refractivity contribution in [3.05, 3.63) is 59.2 Å². The molecule has 2 atom stereocenters. The first kappa shape index (κ1) is 35.5. The van der Waals surface area contributed by atoms with Crippen LogP contribution in [0.3, 0.4) is 0 Å². The Bertz CT molecular complexity index is 1180. The van der Waals surface area contributed by atoms with Crippen molar-refractivity contribution < 1.29 is 50.0 Å². The Morgan fingerprint density at radius 2 is 1.23 bits per heavy atom. The molecule has 222 valence electrons. The van der Waals surface area contributed by atoms with E-state index >= 15 is 0 Å². The zero-order chi connectivity index (χ0) is 31.2. The molecule has 40 heavy (non-hydrogen) atoms. The average molecular weight is 563 g/mol. The Hall–Kier alpha value is -4.47. The van der Waals surface area contributed by atoms with E-state index in [1.54, 1.807) is 26.0 Å². The number of benzene rings is 3.